The number of hydrogen-bond acceptors (Lipinski definition) is 7. The average Bonchev–Trinajstić information content (AvgIpc) is 3.52. The summed E-state index contributed by atoms with van der Waals surface area (Å²) in [4.78, 5) is 20.1. The number of nitroso groups, excluding NO2 is 1. The van der Waals surface area contributed by atoms with Gasteiger partial charge in [-0.25, -0.2) is 18.2 Å². The minimum atomic E-state index is -4.61. The second-order valence-electron chi connectivity index (χ2n) is 10.6. The molecule has 0 amide bonds. The molecule has 5 aromatic rings. The lowest BCUT2D eigenvalue weighted by Gasteiger charge is -2.09. The van der Waals surface area contributed by atoms with Crippen molar-refractivity contribution in [2.75, 3.05) is 20.2 Å². The summed E-state index contributed by atoms with van der Waals surface area (Å²) in [5.74, 6) is -0.00801. The van der Waals surface area contributed by atoms with E-state index >= 15 is 0 Å². The number of carboxylic acids is 1. The van der Waals surface area contributed by atoms with Gasteiger partial charge in [-0.2, -0.15) is 18.3 Å². The number of sulfonamides is 1. The summed E-state index contributed by atoms with van der Waals surface area (Å²) in [6.07, 6.45) is -4.55. The third kappa shape index (κ3) is 10.9. The number of alkyl halides is 3. The van der Waals surface area contributed by atoms with Crippen molar-refractivity contribution in [3.63, 3.8) is 0 Å². The SMILES string of the molecule is CCN(CC)N=O.COc1ccc2cc(CC(=O)O)ccc2c1.Cc1ccc(-c2cc(C(F)(F)F)nn2-c2ccc(S(N)(=O)=O)cc2)cc1. The summed E-state index contributed by atoms with van der Waals surface area (Å²) >= 11 is 0. The molecule has 4 aromatic carbocycles. The standard InChI is InChI=1S/C17H14F3N3O2S.C13H12O3.C4H10N2O/c1-11-2-4-12(5-3-11)15-10-16(17(18,19)20)22-23(15)13-6-8-14(9-7-13)26(21,24)25;1-16-12-5-4-10-6-9(7-13(14)15)2-3-11(10)8-12;1-3-6(4-2)5-7/h2-10H,1H3,(H2,21,24,25);2-6,8H,7H2,1H3,(H,14,15);3-4H2,1-2H3. The number of fused-ring (bicyclic) bond motifs is 1. The van der Waals surface area contributed by atoms with Crippen LogP contribution in [0.2, 0.25) is 0 Å². The predicted molar refractivity (Wildman–Crippen MR) is 181 cm³/mol. The molecule has 0 saturated carbocycles. The molecule has 0 atom stereocenters. The van der Waals surface area contributed by atoms with Crippen molar-refractivity contribution < 1.29 is 36.2 Å². The van der Waals surface area contributed by atoms with Crippen molar-refractivity contribution in [1.29, 1.82) is 0 Å². The Morgan fingerprint density at radius 2 is 1.53 bits per heavy atom. The molecule has 0 aliphatic carbocycles. The van der Waals surface area contributed by atoms with E-state index in [4.69, 9.17) is 15.0 Å². The molecule has 49 heavy (non-hydrogen) atoms. The first-order valence-corrected chi connectivity index (χ1v) is 16.4. The van der Waals surface area contributed by atoms with Crippen molar-refractivity contribution >= 4 is 26.8 Å². The van der Waals surface area contributed by atoms with Gasteiger partial charge in [0.05, 0.1) is 35.1 Å². The van der Waals surface area contributed by atoms with E-state index < -0.39 is 27.9 Å². The molecule has 0 bridgehead atoms. The van der Waals surface area contributed by atoms with Crippen LogP contribution >= 0.6 is 0 Å². The number of methoxy groups -OCH3 is 1. The number of aromatic nitrogens is 2. The zero-order valence-corrected chi connectivity index (χ0v) is 28.0. The Bertz CT molecular complexity index is 1980. The summed E-state index contributed by atoms with van der Waals surface area (Å²) in [5.41, 5.74) is 1.81. The third-order valence-corrected chi connectivity index (χ3v) is 8.00. The van der Waals surface area contributed by atoms with Gasteiger partial charge in [0.1, 0.15) is 5.75 Å². The highest BCUT2D eigenvalue weighted by molar-refractivity contribution is 7.89. The lowest BCUT2D eigenvalue weighted by Crippen LogP contribution is -2.14. The molecular weight excluding hydrogens is 663 g/mol. The minimum absolute atomic E-state index is 0.0575. The van der Waals surface area contributed by atoms with Crippen LogP contribution in [0.25, 0.3) is 27.7 Å². The Labute approximate surface area is 281 Å². The Morgan fingerprint density at radius 3 is 2.02 bits per heavy atom. The number of nitrogens with two attached hydrogens (primary N) is 1. The summed E-state index contributed by atoms with van der Waals surface area (Å²) in [6, 6.07) is 24.4. The lowest BCUT2D eigenvalue weighted by atomic mass is 10.0. The predicted octanol–water partition coefficient (Wildman–Crippen LogP) is 7.00. The van der Waals surface area contributed by atoms with E-state index in [1.165, 1.54) is 29.3 Å². The first-order chi connectivity index (χ1) is 23.1. The number of aliphatic carboxylic acids is 1. The molecule has 15 heteroatoms. The Morgan fingerprint density at radius 1 is 0.939 bits per heavy atom. The van der Waals surface area contributed by atoms with Gasteiger partial charge >= 0.3 is 12.1 Å². The largest absolute Gasteiger partial charge is 0.497 e. The van der Waals surface area contributed by atoms with Crippen LogP contribution in [0.15, 0.2) is 101 Å². The van der Waals surface area contributed by atoms with E-state index in [0.717, 1.165) is 38.4 Å². The molecule has 1 heterocycles. The van der Waals surface area contributed by atoms with Crippen molar-refractivity contribution in [2.24, 2.45) is 10.4 Å². The highest BCUT2D eigenvalue weighted by Crippen LogP contribution is 2.33. The highest BCUT2D eigenvalue weighted by atomic mass is 32.2. The Kier molecular flexibility index (Phi) is 13.0. The van der Waals surface area contributed by atoms with Crippen LogP contribution in [0.3, 0.4) is 0 Å². The van der Waals surface area contributed by atoms with Gasteiger partial charge < -0.3 is 9.84 Å². The topological polar surface area (TPSA) is 157 Å². The average molecular weight is 700 g/mol. The van der Waals surface area contributed by atoms with Crippen molar-refractivity contribution in [3.05, 3.63) is 113 Å². The molecule has 1 aromatic heterocycles. The normalized spacial score (nSPS) is 11.1. The van der Waals surface area contributed by atoms with E-state index in [-0.39, 0.29) is 22.7 Å². The van der Waals surface area contributed by atoms with Crippen LogP contribution in [0.5, 0.6) is 5.75 Å². The number of nitrogens with zero attached hydrogens (tertiary/aromatic N) is 4. The number of hydrogen-bond donors (Lipinski definition) is 2. The summed E-state index contributed by atoms with van der Waals surface area (Å²) in [7, 11) is -2.27. The van der Waals surface area contributed by atoms with Crippen LogP contribution in [-0.2, 0) is 27.4 Å². The van der Waals surface area contributed by atoms with Gasteiger partial charge in [-0.05, 0) is 79.6 Å². The smallest absolute Gasteiger partial charge is 0.435 e. The van der Waals surface area contributed by atoms with Gasteiger partial charge in [-0.3, -0.25) is 9.80 Å². The van der Waals surface area contributed by atoms with Gasteiger partial charge in [0.2, 0.25) is 10.0 Å². The van der Waals surface area contributed by atoms with Crippen LogP contribution < -0.4 is 9.88 Å². The number of carboxylic acid groups (broad SMARTS) is 1. The van der Waals surface area contributed by atoms with E-state index in [1.54, 1.807) is 31.4 Å². The third-order valence-electron chi connectivity index (χ3n) is 7.07. The van der Waals surface area contributed by atoms with Crippen molar-refractivity contribution in [2.45, 2.75) is 38.3 Å². The molecule has 3 N–H and O–H groups in total. The van der Waals surface area contributed by atoms with Crippen molar-refractivity contribution in [3.8, 4) is 22.7 Å². The molecule has 0 unspecified atom stereocenters. The zero-order chi connectivity index (χ0) is 36.4. The van der Waals surface area contributed by atoms with Crippen LogP contribution in [0, 0.1) is 11.8 Å². The Hall–Kier alpha value is -5.28. The molecule has 11 nitrogen and oxygen atoms in total. The molecular formula is C34H36F3N5O6S. The summed E-state index contributed by atoms with van der Waals surface area (Å²) < 4.78 is 68.3. The maximum Gasteiger partial charge on any atom is 0.435 e. The number of rotatable bonds is 9. The lowest BCUT2D eigenvalue weighted by molar-refractivity contribution is -0.141. The number of benzene rings is 4. The summed E-state index contributed by atoms with van der Waals surface area (Å²) in [5, 5.41) is 23.6. The molecule has 0 aliphatic heterocycles. The Balaban J connectivity index is 0.000000239. The molecule has 0 saturated heterocycles. The van der Waals surface area contributed by atoms with E-state index in [1.807, 2.05) is 57.2 Å². The molecule has 260 valence electrons. The zero-order valence-electron chi connectivity index (χ0n) is 27.2. The first-order valence-electron chi connectivity index (χ1n) is 14.8. The van der Waals surface area contributed by atoms with Gasteiger partial charge in [-0.1, -0.05) is 54.1 Å². The molecule has 0 fully saturated rings. The maximum atomic E-state index is 13.1. The fourth-order valence-electron chi connectivity index (χ4n) is 4.45. The van der Waals surface area contributed by atoms with E-state index in [9.17, 15) is 31.3 Å². The molecule has 0 spiro atoms. The molecule has 0 radical (unpaired) electrons. The fraction of sp³-hybridized carbons (Fsp3) is 0.235. The number of aryl methyl sites for hydroxylation is 1. The minimum Gasteiger partial charge on any atom is -0.497 e. The first kappa shape index (κ1) is 38.2. The number of primary sulfonamides is 1. The van der Waals surface area contributed by atoms with Crippen LogP contribution in [0.4, 0.5) is 13.2 Å². The number of halogens is 3. The van der Waals surface area contributed by atoms with Gasteiger partial charge in [0.15, 0.2) is 5.69 Å². The van der Waals surface area contributed by atoms with E-state index in [2.05, 4.69) is 10.4 Å². The van der Waals surface area contributed by atoms with Crippen LogP contribution in [0.1, 0.15) is 30.7 Å². The summed E-state index contributed by atoms with van der Waals surface area (Å²) in [6.45, 7) is 7.07. The van der Waals surface area contributed by atoms with Crippen LogP contribution in [-0.4, -0.2) is 54.5 Å². The highest BCUT2D eigenvalue weighted by Gasteiger charge is 2.35. The maximum absolute atomic E-state index is 13.1. The second kappa shape index (κ2) is 16.7. The van der Waals surface area contributed by atoms with Gasteiger partial charge in [0, 0.05) is 18.7 Å². The molecule has 0 aliphatic rings. The molecule has 5 rings (SSSR count). The second-order valence-corrected chi connectivity index (χ2v) is 12.1. The monoisotopic (exact) mass is 699 g/mol. The van der Waals surface area contributed by atoms with Gasteiger partial charge in [0.25, 0.3) is 0 Å². The fourth-order valence-corrected chi connectivity index (χ4v) is 4.96. The van der Waals surface area contributed by atoms with Gasteiger partial charge in [-0.15, -0.1) is 4.91 Å². The number of carbonyl (C=O) groups is 1. The quantitative estimate of drug-likeness (QED) is 0.123. The number of ether oxygens (including phenoxy) is 1. The van der Waals surface area contributed by atoms with E-state index in [0.29, 0.717) is 18.7 Å². The van der Waals surface area contributed by atoms with Crippen molar-refractivity contribution in [1.82, 2.24) is 14.8 Å².